The summed E-state index contributed by atoms with van der Waals surface area (Å²) in [6.45, 7) is 0. The second kappa shape index (κ2) is 4.07. The molecule has 3 rings (SSSR count). The van der Waals surface area contributed by atoms with Gasteiger partial charge in [-0.15, -0.1) is 0 Å². The van der Waals surface area contributed by atoms with E-state index in [0.717, 1.165) is 17.1 Å². The monoisotopic (exact) mass is 240 g/mol. The maximum atomic E-state index is 12.1. The maximum absolute atomic E-state index is 12.1. The number of benzene rings is 1. The van der Waals surface area contributed by atoms with Crippen LogP contribution in [0.3, 0.4) is 0 Å². The molecule has 1 aromatic heterocycles. The van der Waals surface area contributed by atoms with Crippen LogP contribution in [0.2, 0.25) is 0 Å². The van der Waals surface area contributed by atoms with Gasteiger partial charge >= 0.3 is 0 Å². The van der Waals surface area contributed by atoms with E-state index >= 15 is 0 Å². The number of anilines is 1. The summed E-state index contributed by atoms with van der Waals surface area (Å²) in [6.07, 6.45) is 3.53. The summed E-state index contributed by atoms with van der Waals surface area (Å²) < 4.78 is 5.08. The van der Waals surface area contributed by atoms with Gasteiger partial charge in [-0.3, -0.25) is 4.79 Å². The Hall–Kier alpha value is -2.49. The van der Waals surface area contributed by atoms with Crippen molar-refractivity contribution in [3.8, 4) is 5.75 Å². The number of aromatic amines is 1. The third kappa shape index (κ3) is 1.68. The number of carbonyl (C=O) groups excluding carboxylic acids is 1. The Morgan fingerprint density at radius 2 is 2.11 bits per heavy atom. The highest BCUT2D eigenvalue weighted by Gasteiger charge is 2.23. The number of aromatic nitrogens is 1. The number of hydrogen-bond acceptors (Lipinski definition) is 3. The summed E-state index contributed by atoms with van der Waals surface area (Å²) in [5.74, 6) is 0.754. The highest BCUT2D eigenvalue weighted by Crippen LogP contribution is 2.28. The smallest absolute Gasteiger partial charge is 0.211 e. The van der Waals surface area contributed by atoms with Gasteiger partial charge in [0.15, 0.2) is 0 Å². The first-order valence-electron chi connectivity index (χ1n) is 5.63. The van der Waals surface area contributed by atoms with Gasteiger partial charge in [0.2, 0.25) is 5.78 Å². The molecule has 0 amide bonds. The summed E-state index contributed by atoms with van der Waals surface area (Å²) in [6, 6.07) is 9.31. The number of H-pyrrole nitrogens is 1. The largest absolute Gasteiger partial charge is 0.495 e. The number of ether oxygens (including phenoxy) is 1. The molecule has 1 aliphatic rings. The molecule has 2 aromatic rings. The lowest BCUT2D eigenvalue weighted by atomic mass is 10.1. The fraction of sp³-hybridized carbons (Fsp3) is 0.0714. The summed E-state index contributed by atoms with van der Waals surface area (Å²) >= 11 is 0. The SMILES string of the molecule is COc1c[nH]c(C=C2Nc3ccccc3C2=O)c1. The minimum Gasteiger partial charge on any atom is -0.495 e. The number of rotatable bonds is 2. The molecule has 0 bridgehead atoms. The molecule has 0 saturated heterocycles. The van der Waals surface area contributed by atoms with Crippen molar-refractivity contribution in [1.82, 2.24) is 4.98 Å². The Morgan fingerprint density at radius 3 is 2.83 bits per heavy atom. The molecule has 0 fully saturated rings. The third-order valence-electron chi connectivity index (χ3n) is 2.90. The first kappa shape index (κ1) is 10.7. The van der Waals surface area contributed by atoms with Gasteiger partial charge in [0, 0.05) is 29.2 Å². The molecule has 1 aromatic carbocycles. The molecule has 0 aliphatic carbocycles. The van der Waals surface area contributed by atoms with Crippen LogP contribution in [0.15, 0.2) is 42.2 Å². The second-order valence-corrected chi connectivity index (χ2v) is 4.05. The van der Waals surface area contributed by atoms with Gasteiger partial charge in [-0.25, -0.2) is 0 Å². The minimum atomic E-state index is 0.0131. The predicted octanol–water partition coefficient (Wildman–Crippen LogP) is 2.67. The van der Waals surface area contributed by atoms with Crippen LogP contribution in [0.5, 0.6) is 5.75 Å². The van der Waals surface area contributed by atoms with Crippen LogP contribution in [0, 0.1) is 0 Å². The number of nitrogens with one attached hydrogen (secondary N) is 2. The lowest BCUT2D eigenvalue weighted by molar-refractivity contribution is 0.104. The predicted molar refractivity (Wildman–Crippen MR) is 69.7 cm³/mol. The molecule has 18 heavy (non-hydrogen) atoms. The van der Waals surface area contributed by atoms with Gasteiger partial charge in [0.05, 0.1) is 12.8 Å². The van der Waals surface area contributed by atoms with Gasteiger partial charge in [0.1, 0.15) is 5.75 Å². The maximum Gasteiger partial charge on any atom is 0.211 e. The molecule has 0 unspecified atom stereocenters. The number of fused-ring (bicyclic) bond motifs is 1. The van der Waals surface area contributed by atoms with Crippen LogP contribution in [0.1, 0.15) is 16.1 Å². The van der Waals surface area contributed by atoms with E-state index in [-0.39, 0.29) is 5.78 Å². The topological polar surface area (TPSA) is 54.1 Å². The summed E-state index contributed by atoms with van der Waals surface area (Å²) in [5.41, 5.74) is 2.96. The van der Waals surface area contributed by atoms with Crippen LogP contribution >= 0.6 is 0 Å². The number of ketones is 1. The molecule has 2 N–H and O–H groups in total. The summed E-state index contributed by atoms with van der Waals surface area (Å²) in [5, 5.41) is 3.11. The Bertz CT molecular complexity index is 641. The Balaban J connectivity index is 1.94. The summed E-state index contributed by atoms with van der Waals surface area (Å²) in [4.78, 5) is 15.1. The zero-order valence-corrected chi connectivity index (χ0v) is 9.86. The zero-order chi connectivity index (χ0) is 12.5. The molecule has 4 heteroatoms. The van der Waals surface area contributed by atoms with Gasteiger partial charge in [-0.1, -0.05) is 12.1 Å². The van der Waals surface area contributed by atoms with Crippen molar-refractivity contribution in [3.05, 3.63) is 53.5 Å². The number of methoxy groups -OCH3 is 1. The van der Waals surface area contributed by atoms with E-state index < -0.39 is 0 Å². The van der Waals surface area contributed by atoms with E-state index in [9.17, 15) is 4.79 Å². The number of hydrogen-bond donors (Lipinski definition) is 2. The average molecular weight is 240 g/mol. The molecule has 1 aliphatic heterocycles. The van der Waals surface area contributed by atoms with Crippen molar-refractivity contribution >= 4 is 17.5 Å². The molecule has 0 spiro atoms. The third-order valence-corrected chi connectivity index (χ3v) is 2.90. The van der Waals surface area contributed by atoms with Crippen molar-refractivity contribution in [1.29, 1.82) is 0 Å². The van der Waals surface area contributed by atoms with E-state index in [2.05, 4.69) is 10.3 Å². The first-order valence-corrected chi connectivity index (χ1v) is 5.63. The van der Waals surface area contributed by atoms with Crippen LogP contribution in [0.25, 0.3) is 6.08 Å². The van der Waals surface area contributed by atoms with Crippen LogP contribution < -0.4 is 10.1 Å². The quantitative estimate of drug-likeness (QED) is 0.793. The van der Waals surface area contributed by atoms with Crippen LogP contribution in [0.4, 0.5) is 5.69 Å². The highest BCUT2D eigenvalue weighted by molar-refractivity contribution is 6.20. The number of allylic oxidation sites excluding steroid dienone is 1. The van der Waals surface area contributed by atoms with E-state index in [4.69, 9.17) is 4.74 Å². The summed E-state index contributed by atoms with van der Waals surface area (Å²) in [7, 11) is 1.61. The number of carbonyl (C=O) groups is 1. The van der Waals surface area contributed by atoms with Crippen molar-refractivity contribution in [3.63, 3.8) is 0 Å². The van der Waals surface area contributed by atoms with E-state index in [1.54, 1.807) is 19.4 Å². The molecule has 0 atom stereocenters. The van der Waals surface area contributed by atoms with Crippen molar-refractivity contribution in [2.75, 3.05) is 12.4 Å². The molecule has 0 saturated carbocycles. The zero-order valence-electron chi connectivity index (χ0n) is 9.86. The average Bonchev–Trinajstić information content (AvgIpc) is 2.97. The second-order valence-electron chi connectivity index (χ2n) is 4.05. The van der Waals surface area contributed by atoms with Crippen molar-refractivity contribution in [2.24, 2.45) is 0 Å². The Labute approximate surface area is 104 Å². The lowest BCUT2D eigenvalue weighted by Gasteiger charge is -1.96. The highest BCUT2D eigenvalue weighted by atomic mass is 16.5. The van der Waals surface area contributed by atoms with Crippen molar-refractivity contribution < 1.29 is 9.53 Å². The van der Waals surface area contributed by atoms with Gasteiger partial charge in [-0.2, -0.15) is 0 Å². The van der Waals surface area contributed by atoms with Gasteiger partial charge in [0.25, 0.3) is 0 Å². The van der Waals surface area contributed by atoms with E-state index in [1.165, 1.54) is 0 Å². The molecule has 2 heterocycles. The van der Waals surface area contributed by atoms with Crippen LogP contribution in [-0.4, -0.2) is 17.9 Å². The number of para-hydroxylation sites is 1. The molecular formula is C14H12N2O2. The molecular weight excluding hydrogens is 228 g/mol. The standard InChI is InChI=1S/C14H12N2O2/c1-18-10-6-9(15-8-10)7-13-14(17)11-4-2-3-5-12(11)16-13/h2-8,15-16H,1H3. The Kier molecular flexibility index (Phi) is 2.41. The molecule has 90 valence electrons. The van der Waals surface area contributed by atoms with Crippen molar-refractivity contribution in [2.45, 2.75) is 0 Å². The molecule has 4 nitrogen and oxygen atoms in total. The van der Waals surface area contributed by atoms with E-state index in [0.29, 0.717) is 11.3 Å². The van der Waals surface area contributed by atoms with Gasteiger partial charge in [-0.05, 0) is 18.2 Å². The molecule has 0 radical (unpaired) electrons. The normalized spacial score (nSPS) is 15.6. The van der Waals surface area contributed by atoms with Gasteiger partial charge < -0.3 is 15.0 Å². The Morgan fingerprint density at radius 1 is 1.28 bits per heavy atom. The van der Waals surface area contributed by atoms with Crippen LogP contribution in [-0.2, 0) is 0 Å². The lowest BCUT2D eigenvalue weighted by Crippen LogP contribution is -1.99. The first-order chi connectivity index (χ1) is 8.78. The fourth-order valence-electron chi connectivity index (χ4n) is 1.99. The number of Topliss-reactive ketones (excluding diaryl/α,β-unsaturated/α-hetero) is 1. The van der Waals surface area contributed by atoms with E-state index in [1.807, 2.05) is 30.3 Å². The fourth-order valence-corrected chi connectivity index (χ4v) is 1.99. The minimum absolute atomic E-state index is 0.0131.